The summed E-state index contributed by atoms with van der Waals surface area (Å²) in [6.45, 7) is 2.00. The number of rotatable bonds is 8. The molecule has 0 saturated heterocycles. The van der Waals surface area contributed by atoms with Gasteiger partial charge in [-0.05, 0) is 29.0 Å². The Hall–Kier alpha value is -2.13. The zero-order chi connectivity index (χ0) is 18.2. The maximum absolute atomic E-state index is 12.3. The zero-order valence-corrected chi connectivity index (χ0v) is 15.4. The van der Waals surface area contributed by atoms with Crippen LogP contribution in [0.3, 0.4) is 0 Å². The van der Waals surface area contributed by atoms with Crippen molar-refractivity contribution in [3.63, 3.8) is 0 Å². The van der Waals surface area contributed by atoms with E-state index in [0.29, 0.717) is 15.7 Å². The molecule has 0 aliphatic heterocycles. The van der Waals surface area contributed by atoms with Gasteiger partial charge in [0, 0.05) is 12.1 Å². The number of ether oxygens (including phenoxy) is 1. The molecule has 0 saturated carbocycles. The number of aromatic nitrogens is 4. The number of esters is 1. The second kappa shape index (κ2) is 9.38. The molecule has 1 atom stereocenters. The van der Waals surface area contributed by atoms with Gasteiger partial charge in [-0.3, -0.25) is 9.59 Å². The fraction of sp³-hybridized carbons (Fsp3) is 0.400. The summed E-state index contributed by atoms with van der Waals surface area (Å²) in [4.78, 5) is 24.1. The monoisotopic (exact) mass is 383 g/mol. The van der Waals surface area contributed by atoms with Gasteiger partial charge in [0.25, 0.3) is 0 Å². The molecule has 2 rings (SSSR count). The van der Waals surface area contributed by atoms with Gasteiger partial charge in [0.1, 0.15) is 0 Å². The Morgan fingerprint density at radius 1 is 1.40 bits per heavy atom. The highest BCUT2D eigenvalue weighted by atomic mass is 35.5. The van der Waals surface area contributed by atoms with E-state index in [1.165, 1.54) is 16.4 Å². The molecule has 1 amide bonds. The van der Waals surface area contributed by atoms with Crippen molar-refractivity contribution >= 4 is 35.2 Å². The van der Waals surface area contributed by atoms with Crippen LogP contribution in [0, 0.1) is 0 Å². The molecule has 2 aromatic rings. The zero-order valence-electron chi connectivity index (χ0n) is 13.8. The minimum absolute atomic E-state index is 0.000500. The van der Waals surface area contributed by atoms with Crippen LogP contribution in [0.4, 0.5) is 0 Å². The van der Waals surface area contributed by atoms with E-state index in [9.17, 15) is 9.59 Å². The third kappa shape index (κ3) is 5.71. The van der Waals surface area contributed by atoms with Gasteiger partial charge in [-0.25, -0.2) is 4.68 Å². The molecule has 0 radical (unpaired) electrons. The van der Waals surface area contributed by atoms with Crippen LogP contribution < -0.4 is 5.32 Å². The summed E-state index contributed by atoms with van der Waals surface area (Å²) in [5.74, 6) is -0.557. The van der Waals surface area contributed by atoms with E-state index in [-0.39, 0.29) is 24.7 Å². The van der Waals surface area contributed by atoms with E-state index in [4.69, 9.17) is 16.3 Å². The maximum atomic E-state index is 12.3. The summed E-state index contributed by atoms with van der Waals surface area (Å²) < 4.78 is 6.46. The third-order valence-corrected chi connectivity index (χ3v) is 4.56. The number of hydrogen-bond acceptors (Lipinski definition) is 7. The fourth-order valence-electron chi connectivity index (χ4n) is 2.09. The fourth-order valence-corrected chi connectivity index (χ4v) is 3.02. The highest BCUT2D eigenvalue weighted by Gasteiger charge is 2.21. The van der Waals surface area contributed by atoms with Gasteiger partial charge in [0.05, 0.1) is 24.8 Å². The van der Waals surface area contributed by atoms with Crippen LogP contribution in [0.2, 0.25) is 5.02 Å². The smallest absolute Gasteiger partial charge is 0.308 e. The van der Waals surface area contributed by atoms with E-state index in [1.807, 2.05) is 0 Å². The maximum Gasteiger partial charge on any atom is 0.308 e. The van der Waals surface area contributed by atoms with Crippen molar-refractivity contribution in [3.05, 3.63) is 34.9 Å². The molecule has 25 heavy (non-hydrogen) atoms. The lowest BCUT2D eigenvalue weighted by molar-refractivity contribution is -0.143. The topological polar surface area (TPSA) is 99.0 Å². The van der Waals surface area contributed by atoms with Crippen molar-refractivity contribution in [2.24, 2.45) is 7.05 Å². The standard InChI is InChI=1S/C15H18ClN5O3S/c1-3-24-14(23)8-12(10-6-4-5-7-11(10)16)17-13(22)9-25-15-18-19-20-21(15)2/h4-7,12H,3,8-9H2,1-2H3,(H,17,22)/t12-/m1/s1. The summed E-state index contributed by atoms with van der Waals surface area (Å²) >= 11 is 7.40. The number of nitrogens with zero attached hydrogens (tertiary/aromatic N) is 4. The minimum Gasteiger partial charge on any atom is -0.466 e. The molecule has 0 bridgehead atoms. The molecule has 10 heteroatoms. The van der Waals surface area contributed by atoms with Crippen LogP contribution in [0.5, 0.6) is 0 Å². The average molecular weight is 384 g/mol. The lowest BCUT2D eigenvalue weighted by Gasteiger charge is -2.19. The summed E-state index contributed by atoms with van der Waals surface area (Å²) in [7, 11) is 1.69. The van der Waals surface area contributed by atoms with Gasteiger partial charge < -0.3 is 10.1 Å². The summed E-state index contributed by atoms with van der Waals surface area (Å²) in [6, 6.07) is 6.49. The van der Waals surface area contributed by atoms with Gasteiger partial charge in [0.2, 0.25) is 11.1 Å². The van der Waals surface area contributed by atoms with Crippen molar-refractivity contribution in [3.8, 4) is 0 Å². The van der Waals surface area contributed by atoms with Crippen molar-refractivity contribution in [1.82, 2.24) is 25.5 Å². The van der Waals surface area contributed by atoms with E-state index in [2.05, 4.69) is 20.8 Å². The van der Waals surface area contributed by atoms with Gasteiger partial charge in [-0.2, -0.15) is 0 Å². The number of amides is 1. The minimum atomic E-state index is -0.571. The number of tetrazole rings is 1. The van der Waals surface area contributed by atoms with E-state index < -0.39 is 12.0 Å². The second-order valence-electron chi connectivity index (χ2n) is 5.02. The lowest BCUT2D eigenvalue weighted by atomic mass is 10.0. The molecule has 0 unspecified atom stereocenters. The number of hydrogen-bond donors (Lipinski definition) is 1. The molecule has 1 N–H and O–H groups in total. The predicted octanol–water partition coefficient (Wildman–Crippen LogP) is 1.77. The Morgan fingerprint density at radius 2 is 2.16 bits per heavy atom. The van der Waals surface area contributed by atoms with E-state index in [0.717, 1.165) is 0 Å². The van der Waals surface area contributed by atoms with Gasteiger partial charge >= 0.3 is 5.97 Å². The molecular weight excluding hydrogens is 366 g/mol. The molecule has 0 spiro atoms. The molecule has 1 aromatic heterocycles. The number of carbonyl (C=O) groups excluding carboxylic acids is 2. The summed E-state index contributed by atoms with van der Waals surface area (Å²) in [6.07, 6.45) is -0.000500. The Labute approximate surface area is 154 Å². The molecule has 0 fully saturated rings. The third-order valence-electron chi connectivity index (χ3n) is 3.21. The Bertz CT molecular complexity index is 739. The first-order valence-corrected chi connectivity index (χ1v) is 8.92. The molecule has 8 nitrogen and oxygen atoms in total. The van der Waals surface area contributed by atoms with E-state index >= 15 is 0 Å². The Morgan fingerprint density at radius 3 is 2.80 bits per heavy atom. The lowest BCUT2D eigenvalue weighted by Crippen LogP contribution is -2.32. The van der Waals surface area contributed by atoms with Crippen molar-refractivity contribution in [1.29, 1.82) is 0 Å². The average Bonchev–Trinajstić information content (AvgIpc) is 2.98. The highest BCUT2D eigenvalue weighted by Crippen LogP contribution is 2.26. The summed E-state index contributed by atoms with van der Waals surface area (Å²) in [5.41, 5.74) is 0.663. The molecule has 1 aromatic carbocycles. The number of carbonyl (C=O) groups is 2. The van der Waals surface area contributed by atoms with Crippen LogP contribution in [-0.4, -0.2) is 44.4 Å². The van der Waals surface area contributed by atoms with Crippen molar-refractivity contribution in [2.45, 2.75) is 24.5 Å². The van der Waals surface area contributed by atoms with Crippen LogP contribution in [0.1, 0.15) is 24.9 Å². The molecule has 0 aliphatic carbocycles. The van der Waals surface area contributed by atoms with Crippen LogP contribution in [0.15, 0.2) is 29.4 Å². The number of nitrogens with one attached hydrogen (secondary N) is 1. The Kier molecular flexibility index (Phi) is 7.20. The quantitative estimate of drug-likeness (QED) is 0.547. The van der Waals surface area contributed by atoms with Crippen LogP contribution >= 0.6 is 23.4 Å². The summed E-state index contributed by atoms with van der Waals surface area (Å²) in [5, 5.41) is 14.8. The second-order valence-corrected chi connectivity index (χ2v) is 6.37. The van der Waals surface area contributed by atoms with Gasteiger partial charge in [-0.15, -0.1) is 5.10 Å². The largest absolute Gasteiger partial charge is 0.466 e. The first kappa shape index (κ1) is 19.2. The predicted molar refractivity (Wildman–Crippen MR) is 93.1 cm³/mol. The molecule has 0 aliphatic rings. The Balaban J connectivity index is 2.04. The van der Waals surface area contributed by atoms with Crippen molar-refractivity contribution in [2.75, 3.05) is 12.4 Å². The van der Waals surface area contributed by atoms with Crippen LogP contribution in [-0.2, 0) is 21.4 Å². The highest BCUT2D eigenvalue weighted by molar-refractivity contribution is 7.99. The molecule has 1 heterocycles. The number of benzene rings is 1. The van der Waals surface area contributed by atoms with Crippen LogP contribution in [0.25, 0.3) is 0 Å². The first-order chi connectivity index (χ1) is 12.0. The van der Waals surface area contributed by atoms with E-state index in [1.54, 1.807) is 38.2 Å². The van der Waals surface area contributed by atoms with Gasteiger partial charge in [-0.1, -0.05) is 41.6 Å². The molecule has 134 valence electrons. The first-order valence-electron chi connectivity index (χ1n) is 7.55. The molecular formula is C15H18ClN5O3S. The van der Waals surface area contributed by atoms with Crippen molar-refractivity contribution < 1.29 is 14.3 Å². The van der Waals surface area contributed by atoms with Gasteiger partial charge in [0.15, 0.2) is 0 Å². The normalized spacial score (nSPS) is 11.8. The number of halogens is 1. The SMILES string of the molecule is CCOC(=O)C[C@@H](NC(=O)CSc1nnnn1C)c1ccccc1Cl. The number of aryl methyl sites for hydroxylation is 1. The number of thioether (sulfide) groups is 1.